The summed E-state index contributed by atoms with van der Waals surface area (Å²) in [5.74, 6) is -0.394. The van der Waals surface area contributed by atoms with Crippen LogP contribution in [0.5, 0.6) is 0 Å². The quantitative estimate of drug-likeness (QED) is 0.0500. The van der Waals surface area contributed by atoms with Crippen LogP contribution in [0.15, 0.2) is 252 Å². The molecule has 0 amide bonds. The van der Waals surface area contributed by atoms with Crippen molar-refractivity contribution in [1.82, 2.24) is 0 Å². The Morgan fingerprint density at radius 2 is 0.789 bits per heavy atom. The minimum atomic E-state index is -0.446. The van der Waals surface area contributed by atoms with Gasteiger partial charge in [-0.05, 0) is 99.9 Å². The fraction of sp³-hybridized carbons (Fsp3) is 0.180. The molecule has 0 atom stereocenters. The van der Waals surface area contributed by atoms with Crippen LogP contribution in [0.1, 0.15) is 60.3 Å². The van der Waals surface area contributed by atoms with Gasteiger partial charge >= 0.3 is 46.9 Å². The summed E-state index contributed by atoms with van der Waals surface area (Å²) in [7, 11) is 8.74. The van der Waals surface area contributed by atoms with Crippen molar-refractivity contribution >= 4 is 94.6 Å². The minimum absolute atomic E-state index is 0.106. The van der Waals surface area contributed by atoms with E-state index in [1.165, 1.54) is 43.0 Å². The van der Waals surface area contributed by atoms with Crippen LogP contribution in [0, 0.1) is 0 Å². The second-order valence-electron chi connectivity index (χ2n) is 15.5. The first-order valence-electron chi connectivity index (χ1n) is 23.3. The average Bonchev–Trinajstić information content (AvgIpc) is 3.96. The Labute approximate surface area is 451 Å². The molecule has 0 bridgehead atoms. The summed E-state index contributed by atoms with van der Waals surface area (Å²) in [5.41, 5.74) is 4.98. The number of benzene rings is 6. The fourth-order valence-electron chi connectivity index (χ4n) is 7.05. The molecule has 0 heterocycles. The van der Waals surface area contributed by atoms with E-state index >= 15 is 0 Å². The number of carbonyl (C=O) groups is 2. The van der Waals surface area contributed by atoms with Crippen LogP contribution >= 0.6 is 50.8 Å². The zero-order valence-corrected chi connectivity index (χ0v) is 47.7. The first-order chi connectivity index (χ1) is 34.6. The van der Waals surface area contributed by atoms with E-state index in [-0.39, 0.29) is 27.9 Å². The Hall–Kier alpha value is -4.72. The molecule has 0 unspecified atom stereocenters. The van der Waals surface area contributed by atoms with Gasteiger partial charge in [-0.3, -0.25) is 0 Å². The predicted molar refractivity (Wildman–Crippen MR) is 310 cm³/mol. The summed E-state index contributed by atoms with van der Waals surface area (Å²) in [4.78, 5) is 22.8. The van der Waals surface area contributed by atoms with Crippen molar-refractivity contribution in [2.24, 2.45) is 0 Å². The molecule has 0 N–H and O–H groups in total. The molecule has 374 valence electrons. The zero-order valence-electron chi connectivity index (χ0n) is 41.3. The van der Waals surface area contributed by atoms with Crippen molar-refractivity contribution in [1.29, 1.82) is 0 Å². The van der Waals surface area contributed by atoms with E-state index in [0.717, 1.165) is 40.5 Å². The minimum Gasteiger partial charge on any atom is -0.0622 e. The normalized spacial score (nSPS) is 12.1. The van der Waals surface area contributed by atoms with Gasteiger partial charge < -0.3 is 9.47 Å². The average molecular weight is 1180 g/mol. The summed E-state index contributed by atoms with van der Waals surface area (Å²) in [6, 6.07) is 64.7. The van der Waals surface area contributed by atoms with Crippen LogP contribution in [0.25, 0.3) is 0 Å². The Morgan fingerprint density at radius 3 is 1.03 bits per heavy atom. The van der Waals surface area contributed by atoms with E-state index in [2.05, 4.69) is 218 Å². The molecule has 2 aliphatic rings. The Bertz CT molecular complexity index is 2300. The van der Waals surface area contributed by atoms with Gasteiger partial charge in [0.2, 0.25) is 0 Å². The molecule has 0 radical (unpaired) electrons. The predicted octanol–water partition coefficient (Wildman–Crippen LogP) is 15.2. The van der Waals surface area contributed by atoms with Crippen molar-refractivity contribution in [3.8, 4) is 0 Å². The van der Waals surface area contributed by atoms with Gasteiger partial charge in [0, 0.05) is 22.9 Å². The zero-order chi connectivity index (χ0) is 51.6. The fourth-order valence-corrected chi connectivity index (χ4v) is 12.4. The van der Waals surface area contributed by atoms with Gasteiger partial charge in [0.25, 0.3) is 0 Å². The third-order valence-electron chi connectivity index (χ3n) is 10.2. The first kappa shape index (κ1) is 60.6. The Balaban J connectivity index is 0.000000243. The molecule has 0 aliphatic heterocycles. The van der Waals surface area contributed by atoms with E-state index in [1.54, 1.807) is 0 Å². The maximum absolute atomic E-state index is 11.5. The smallest absolute Gasteiger partial charge is 0.0134 e. The van der Waals surface area contributed by atoms with E-state index in [4.69, 9.17) is 28.5 Å². The Morgan fingerprint density at radius 1 is 0.521 bits per heavy atom. The maximum atomic E-state index is 11.5. The Kier molecular flexibility index (Phi) is 30.9. The molecule has 71 heavy (non-hydrogen) atoms. The van der Waals surface area contributed by atoms with Gasteiger partial charge in [0.05, 0.1) is 18.8 Å². The standard InChI is InChI=1S/2C18H15P.C12H16O2.C9H11BrO2.C4H8.2ClH.Pd/c2*1-4-10-16(11-5-1)19(17-12-6-2-7-13-17)18-14-8-3-9-15-18;1-4-6-10-7-9(3)8-11(10)12(13)14-5-2;1-3-12-9(11)7-4-6(2)5-8(7)10;1-3-4-2;;;/h2*1-15H;4,7H,1,5-6,8H2,2-3H3;5H,3-4H2,1-2H3;3H,1,4H2,2H3;2*1H;/q;;;;;;;+2/p-2. The van der Waals surface area contributed by atoms with Gasteiger partial charge in [-0.1, -0.05) is 234 Å². The van der Waals surface area contributed by atoms with Gasteiger partial charge in [0.15, 0.2) is 0 Å². The third kappa shape index (κ3) is 21.9. The summed E-state index contributed by atoms with van der Waals surface area (Å²) in [6.07, 6.45) is 10.9. The monoisotopic (exact) mass is 1180 g/mol. The van der Waals surface area contributed by atoms with Gasteiger partial charge in [0.1, 0.15) is 0 Å². The molecular weight excluding hydrogens is 1120 g/mol. The van der Waals surface area contributed by atoms with Crippen LogP contribution < -0.4 is 31.8 Å². The van der Waals surface area contributed by atoms with Gasteiger partial charge in [-0.2, -0.15) is 0 Å². The summed E-state index contributed by atoms with van der Waals surface area (Å²) in [5, 5.41) is 8.39. The molecular formula is C61H65BrCl2O4P2Pd. The number of esters is 2. The molecule has 6 aromatic carbocycles. The number of carbonyl (C=O) groups excluding carboxylic acids is 2. The molecule has 6 aromatic rings. The molecule has 0 spiro atoms. The number of allylic oxidation sites excluding steroid dienone is 8. The summed E-state index contributed by atoms with van der Waals surface area (Å²) < 4.78 is 10.7. The molecule has 8 rings (SSSR count). The number of ether oxygens (including phenoxy) is 2. The van der Waals surface area contributed by atoms with E-state index in [0.29, 0.717) is 19.6 Å². The second-order valence-corrected chi connectivity index (χ2v) is 23.2. The van der Waals surface area contributed by atoms with Crippen LogP contribution in [-0.2, 0) is 35.0 Å². The molecule has 0 aromatic heterocycles. The molecule has 0 saturated carbocycles. The van der Waals surface area contributed by atoms with E-state index < -0.39 is 15.8 Å². The summed E-state index contributed by atoms with van der Waals surface area (Å²) >= 11 is 3.21. The van der Waals surface area contributed by atoms with Crippen molar-refractivity contribution in [3.63, 3.8) is 0 Å². The van der Waals surface area contributed by atoms with Gasteiger partial charge in [-0.15, -0.1) is 13.2 Å². The van der Waals surface area contributed by atoms with Crippen LogP contribution in [0.4, 0.5) is 0 Å². The molecule has 0 fully saturated rings. The number of hydrogen-bond donors (Lipinski definition) is 0. The topological polar surface area (TPSA) is 52.6 Å². The molecule has 10 heteroatoms. The molecule has 4 nitrogen and oxygen atoms in total. The van der Waals surface area contributed by atoms with Crippen LogP contribution in [0.2, 0.25) is 0 Å². The van der Waals surface area contributed by atoms with E-state index in [1.807, 2.05) is 52.0 Å². The second kappa shape index (κ2) is 36.2. The van der Waals surface area contributed by atoms with Crippen molar-refractivity contribution in [2.45, 2.75) is 60.3 Å². The van der Waals surface area contributed by atoms with Gasteiger partial charge in [-0.25, -0.2) is 9.59 Å². The van der Waals surface area contributed by atoms with Crippen molar-refractivity contribution in [3.05, 3.63) is 252 Å². The first-order valence-corrected chi connectivity index (χ1v) is 30.8. The van der Waals surface area contributed by atoms with Crippen molar-refractivity contribution in [2.75, 3.05) is 13.2 Å². The number of halogens is 3. The molecule has 2 aliphatic carbocycles. The largest absolute Gasteiger partial charge is 0.0622 e. The summed E-state index contributed by atoms with van der Waals surface area (Å²) in [6.45, 7) is 17.7. The van der Waals surface area contributed by atoms with Crippen LogP contribution in [-0.4, -0.2) is 25.2 Å². The maximum Gasteiger partial charge on any atom is -0.0134 e. The number of rotatable bonds is 13. The SMILES string of the molecule is C=CCC.C=CCC1=C(C(=O)OCC)CC(C)=C1.CCOC(=O)C1=C(Br)C=C(C)C1.[Cl][Pd][Cl].c1ccc(P(c2ccccc2)c2ccccc2)cc1.c1ccc(P(c2ccccc2)c2ccccc2)cc1. The number of hydrogen-bond acceptors (Lipinski definition) is 4. The van der Waals surface area contributed by atoms with Crippen molar-refractivity contribution < 1.29 is 35.0 Å². The van der Waals surface area contributed by atoms with Crippen LogP contribution in [0.3, 0.4) is 0 Å². The molecule has 0 saturated heterocycles. The van der Waals surface area contributed by atoms with E-state index in [9.17, 15) is 9.59 Å². The third-order valence-corrected chi connectivity index (χ3v) is 15.8.